The van der Waals surface area contributed by atoms with Crippen LogP contribution in [-0.2, 0) is 19.4 Å². The van der Waals surface area contributed by atoms with Crippen molar-refractivity contribution in [1.29, 1.82) is 0 Å². The molecule has 4 N–H and O–H groups in total. The number of hydrogen-bond acceptors (Lipinski definition) is 5. The molecule has 39 heavy (non-hydrogen) atoms. The van der Waals surface area contributed by atoms with E-state index in [1.165, 1.54) is 11.1 Å². The predicted molar refractivity (Wildman–Crippen MR) is 157 cm³/mol. The fourth-order valence-electron chi connectivity index (χ4n) is 5.48. The molecule has 0 atom stereocenters. The van der Waals surface area contributed by atoms with Crippen LogP contribution in [0.2, 0.25) is 0 Å². The fourth-order valence-corrected chi connectivity index (χ4v) is 5.48. The molecule has 3 aromatic carbocycles. The molecule has 7 heteroatoms. The van der Waals surface area contributed by atoms with Gasteiger partial charge in [0, 0.05) is 18.3 Å². The van der Waals surface area contributed by atoms with Crippen molar-refractivity contribution in [3.8, 4) is 11.1 Å². The zero-order chi connectivity index (χ0) is 26.9. The number of carbonyl (C=O) groups is 1. The lowest BCUT2D eigenvalue weighted by atomic mass is 10.1. The van der Waals surface area contributed by atoms with Gasteiger partial charge in [0.2, 0.25) is 5.43 Å². The third-order valence-corrected chi connectivity index (χ3v) is 7.34. The number of hydrogen-bond donors (Lipinski definition) is 3. The van der Waals surface area contributed by atoms with Gasteiger partial charge in [-0.1, -0.05) is 66.7 Å². The minimum atomic E-state index is -0.780. The van der Waals surface area contributed by atoms with Crippen LogP contribution >= 0.6 is 0 Å². The lowest BCUT2D eigenvalue weighted by Crippen LogP contribution is -2.28. The second-order valence-corrected chi connectivity index (χ2v) is 9.84. The van der Waals surface area contributed by atoms with Crippen LogP contribution in [-0.4, -0.2) is 21.5 Å². The molecule has 0 radical (unpaired) electrons. The highest BCUT2D eigenvalue weighted by molar-refractivity contribution is 6.02. The molecule has 0 spiro atoms. The Morgan fingerprint density at radius 3 is 2.21 bits per heavy atom. The number of nitrogens with two attached hydrogens (primary N) is 1. The Balaban J connectivity index is 1.35. The number of primary amides is 1. The van der Waals surface area contributed by atoms with Gasteiger partial charge in [-0.15, -0.1) is 0 Å². The summed E-state index contributed by atoms with van der Waals surface area (Å²) >= 11 is 0. The summed E-state index contributed by atoms with van der Waals surface area (Å²) in [5.41, 5.74) is 12.1. The summed E-state index contributed by atoms with van der Waals surface area (Å²) in [6.45, 7) is 2.43. The molecular weight excluding hydrogens is 486 g/mol. The molecule has 2 aromatic heterocycles. The third kappa shape index (κ3) is 4.63. The highest BCUT2D eigenvalue weighted by Crippen LogP contribution is 2.28. The molecular formula is C32H29N5O2. The van der Waals surface area contributed by atoms with Crippen LogP contribution in [0.5, 0.6) is 0 Å². The Kier molecular flexibility index (Phi) is 6.32. The van der Waals surface area contributed by atoms with Gasteiger partial charge in [-0.25, -0.2) is 4.98 Å². The lowest BCUT2D eigenvalue weighted by molar-refractivity contribution is 0.0999. The Morgan fingerprint density at radius 2 is 1.56 bits per heavy atom. The van der Waals surface area contributed by atoms with E-state index in [1.807, 2.05) is 66.1 Å². The van der Waals surface area contributed by atoms with E-state index >= 15 is 0 Å². The van der Waals surface area contributed by atoms with Gasteiger partial charge in [0.1, 0.15) is 17.0 Å². The molecule has 0 unspecified atom stereocenters. The standard InChI is InChI=1S/C32H29N5O2/c1-2-37-31-27(18-26(19-34-31)35-25-16-22-10-6-7-11-23(22)17-25)29(38)28(30(33)39)32(37)36-24-14-12-21(13-15-24)20-8-4-3-5-9-20/h3-15,18-19,25,35-36H,2,16-17H2,1H3,(H2,33,39). The highest BCUT2D eigenvalue weighted by Gasteiger charge is 2.24. The van der Waals surface area contributed by atoms with Crippen molar-refractivity contribution in [3.05, 3.63) is 118 Å². The minimum Gasteiger partial charge on any atom is -0.380 e. The molecule has 0 aliphatic heterocycles. The van der Waals surface area contributed by atoms with Crippen LogP contribution in [0.15, 0.2) is 95.9 Å². The zero-order valence-electron chi connectivity index (χ0n) is 21.6. The molecule has 1 amide bonds. The predicted octanol–water partition coefficient (Wildman–Crippen LogP) is 5.51. The molecule has 0 bridgehead atoms. The number of anilines is 3. The quantitative estimate of drug-likeness (QED) is 0.265. The highest BCUT2D eigenvalue weighted by atomic mass is 16.2. The van der Waals surface area contributed by atoms with E-state index in [0.29, 0.717) is 23.4 Å². The molecule has 7 nitrogen and oxygen atoms in total. The number of nitrogens with one attached hydrogen (secondary N) is 2. The number of aryl methyl sites for hydroxylation is 1. The Hall–Kier alpha value is -4.91. The number of carbonyl (C=O) groups excluding carboxylic acids is 1. The van der Waals surface area contributed by atoms with E-state index < -0.39 is 11.3 Å². The van der Waals surface area contributed by atoms with E-state index in [2.05, 4.69) is 39.9 Å². The van der Waals surface area contributed by atoms with Gasteiger partial charge in [-0.05, 0) is 60.2 Å². The lowest BCUT2D eigenvalue weighted by Gasteiger charge is -2.20. The minimum absolute atomic E-state index is 0.0799. The van der Waals surface area contributed by atoms with Crippen molar-refractivity contribution < 1.29 is 4.79 Å². The third-order valence-electron chi connectivity index (χ3n) is 7.34. The molecule has 1 aliphatic carbocycles. The number of nitrogens with zero attached hydrogens (tertiary/aromatic N) is 2. The number of aromatic nitrogens is 2. The van der Waals surface area contributed by atoms with Crippen molar-refractivity contribution in [3.63, 3.8) is 0 Å². The van der Waals surface area contributed by atoms with Crippen molar-refractivity contribution in [2.24, 2.45) is 5.73 Å². The molecule has 2 heterocycles. The van der Waals surface area contributed by atoms with Crippen molar-refractivity contribution in [2.45, 2.75) is 32.4 Å². The van der Waals surface area contributed by atoms with E-state index in [0.717, 1.165) is 35.3 Å². The average Bonchev–Trinajstić information content (AvgIpc) is 3.36. The normalized spacial score (nSPS) is 12.8. The summed E-state index contributed by atoms with van der Waals surface area (Å²) in [4.78, 5) is 30.9. The topological polar surface area (TPSA) is 102 Å². The Morgan fingerprint density at radius 1 is 0.923 bits per heavy atom. The van der Waals surface area contributed by atoms with Gasteiger partial charge in [0.25, 0.3) is 5.91 Å². The maximum Gasteiger partial charge on any atom is 0.256 e. The molecule has 0 saturated heterocycles. The molecule has 1 aliphatic rings. The first kappa shape index (κ1) is 24.4. The fraction of sp³-hybridized carbons (Fsp3) is 0.156. The molecule has 5 aromatic rings. The van der Waals surface area contributed by atoms with Gasteiger partial charge in [0.15, 0.2) is 0 Å². The number of fused-ring (bicyclic) bond motifs is 2. The summed E-state index contributed by atoms with van der Waals surface area (Å²) in [6.07, 6.45) is 3.57. The van der Waals surface area contributed by atoms with Crippen LogP contribution in [0, 0.1) is 0 Å². The van der Waals surface area contributed by atoms with Gasteiger partial charge < -0.3 is 20.9 Å². The molecule has 0 saturated carbocycles. The van der Waals surface area contributed by atoms with Crippen LogP contribution in [0.1, 0.15) is 28.4 Å². The maximum atomic E-state index is 13.6. The van der Waals surface area contributed by atoms with Crippen molar-refractivity contribution >= 4 is 34.1 Å². The summed E-state index contributed by atoms with van der Waals surface area (Å²) in [7, 11) is 0. The largest absolute Gasteiger partial charge is 0.380 e. The SMILES string of the molecule is CCn1c(Nc2ccc(-c3ccccc3)cc2)c(C(N)=O)c(=O)c2cc(NC3Cc4ccccc4C3)cnc21. The summed E-state index contributed by atoms with van der Waals surface area (Å²) in [5, 5.41) is 7.16. The molecule has 0 fully saturated rings. The van der Waals surface area contributed by atoms with E-state index in [-0.39, 0.29) is 11.6 Å². The Bertz CT molecular complexity index is 1720. The first-order valence-electron chi connectivity index (χ1n) is 13.1. The zero-order valence-corrected chi connectivity index (χ0v) is 21.6. The Labute approximate surface area is 226 Å². The van der Waals surface area contributed by atoms with Gasteiger partial charge in [-0.3, -0.25) is 9.59 Å². The molecule has 6 rings (SSSR count). The molecule has 194 valence electrons. The van der Waals surface area contributed by atoms with Crippen molar-refractivity contribution in [1.82, 2.24) is 9.55 Å². The number of rotatable bonds is 7. The van der Waals surface area contributed by atoms with Gasteiger partial charge in [-0.2, -0.15) is 0 Å². The summed E-state index contributed by atoms with van der Waals surface area (Å²) in [6, 6.07) is 28.3. The van der Waals surface area contributed by atoms with E-state index in [1.54, 1.807) is 12.3 Å². The number of benzene rings is 3. The smallest absolute Gasteiger partial charge is 0.256 e. The maximum absolute atomic E-state index is 13.6. The summed E-state index contributed by atoms with van der Waals surface area (Å²) in [5.74, 6) is -0.438. The first-order chi connectivity index (χ1) is 19.0. The van der Waals surface area contributed by atoms with Crippen LogP contribution < -0.4 is 21.8 Å². The van der Waals surface area contributed by atoms with Crippen LogP contribution in [0.25, 0.3) is 22.2 Å². The second-order valence-electron chi connectivity index (χ2n) is 9.84. The monoisotopic (exact) mass is 515 g/mol. The number of amides is 1. The van der Waals surface area contributed by atoms with Crippen LogP contribution in [0.3, 0.4) is 0 Å². The van der Waals surface area contributed by atoms with Crippen LogP contribution in [0.4, 0.5) is 17.2 Å². The van der Waals surface area contributed by atoms with E-state index in [4.69, 9.17) is 5.73 Å². The van der Waals surface area contributed by atoms with Gasteiger partial charge >= 0.3 is 0 Å². The van der Waals surface area contributed by atoms with Crippen molar-refractivity contribution in [2.75, 3.05) is 10.6 Å². The first-order valence-corrected chi connectivity index (χ1v) is 13.1. The number of pyridine rings is 2. The van der Waals surface area contributed by atoms with E-state index in [9.17, 15) is 9.59 Å². The van der Waals surface area contributed by atoms with Gasteiger partial charge in [0.05, 0.1) is 17.3 Å². The summed E-state index contributed by atoms with van der Waals surface area (Å²) < 4.78 is 1.83. The average molecular weight is 516 g/mol. The second kappa shape index (κ2) is 10.1.